The van der Waals surface area contributed by atoms with Gasteiger partial charge < -0.3 is 0 Å². The first-order chi connectivity index (χ1) is 5.74. The van der Waals surface area contributed by atoms with E-state index in [0.29, 0.717) is 0 Å². The van der Waals surface area contributed by atoms with E-state index in [-0.39, 0.29) is 5.82 Å². The average molecular weight is 249 g/mol. The lowest BCUT2D eigenvalue weighted by molar-refractivity contribution is 0.626. The lowest BCUT2D eigenvalue weighted by atomic mass is 10.2. The second kappa shape index (κ2) is 4.87. The number of hydrogen-bond donors (Lipinski definition) is 0. The Hall–Kier alpha value is -0.0200. The minimum Gasteiger partial charge on any atom is -0.207 e. The lowest BCUT2D eigenvalue weighted by Crippen LogP contribution is -1.85. The van der Waals surface area contributed by atoms with Crippen LogP contribution in [0.25, 0.3) is 0 Å². The van der Waals surface area contributed by atoms with Gasteiger partial charge in [-0.3, -0.25) is 0 Å². The molecule has 0 bridgehead atoms. The van der Waals surface area contributed by atoms with Crippen molar-refractivity contribution < 1.29 is 4.39 Å². The topological polar surface area (TPSA) is 0 Å². The van der Waals surface area contributed by atoms with Crippen molar-refractivity contribution in [3.8, 4) is 0 Å². The predicted molar refractivity (Wildman–Crippen MR) is 55.9 cm³/mol. The van der Waals surface area contributed by atoms with E-state index in [1.807, 2.05) is 0 Å². The van der Waals surface area contributed by atoms with E-state index >= 15 is 0 Å². The van der Waals surface area contributed by atoms with Crippen LogP contribution in [-0.4, -0.2) is 5.75 Å². The summed E-state index contributed by atoms with van der Waals surface area (Å²) < 4.78 is 13.7. The molecular weight excluding hydrogens is 239 g/mol. The molecule has 0 aromatic heterocycles. The number of benzene rings is 1. The summed E-state index contributed by atoms with van der Waals surface area (Å²) in [5, 5.41) is 0. The van der Waals surface area contributed by atoms with Gasteiger partial charge in [0.15, 0.2) is 0 Å². The lowest BCUT2D eigenvalue weighted by Gasteiger charge is -2.02. The SMILES string of the molecule is CCSCc1cc(F)ccc1Br. The highest BCUT2D eigenvalue weighted by atomic mass is 79.9. The van der Waals surface area contributed by atoms with Gasteiger partial charge in [0.2, 0.25) is 0 Å². The van der Waals surface area contributed by atoms with E-state index in [1.165, 1.54) is 6.07 Å². The van der Waals surface area contributed by atoms with Gasteiger partial charge in [-0.25, -0.2) is 4.39 Å². The molecule has 0 heterocycles. The summed E-state index contributed by atoms with van der Waals surface area (Å²) in [7, 11) is 0. The first-order valence-corrected chi connectivity index (χ1v) is 5.70. The summed E-state index contributed by atoms with van der Waals surface area (Å²) in [6, 6.07) is 4.79. The van der Waals surface area contributed by atoms with Gasteiger partial charge in [0.25, 0.3) is 0 Å². The molecule has 0 aliphatic heterocycles. The second-order valence-electron chi connectivity index (χ2n) is 2.37. The normalized spacial score (nSPS) is 10.2. The van der Waals surface area contributed by atoms with Crippen LogP contribution >= 0.6 is 27.7 Å². The Morgan fingerprint density at radius 2 is 2.25 bits per heavy atom. The van der Waals surface area contributed by atoms with Crippen molar-refractivity contribution in [1.29, 1.82) is 0 Å². The van der Waals surface area contributed by atoms with Gasteiger partial charge in [0.1, 0.15) is 5.82 Å². The Morgan fingerprint density at radius 1 is 1.50 bits per heavy atom. The Bertz CT molecular complexity index is 263. The standard InChI is InChI=1S/C9H10BrFS/c1-2-12-6-7-5-8(11)3-4-9(7)10/h3-5H,2,6H2,1H3. The first-order valence-electron chi connectivity index (χ1n) is 3.75. The second-order valence-corrected chi connectivity index (χ2v) is 4.50. The Labute approximate surface area is 84.7 Å². The third-order valence-corrected chi connectivity index (χ3v) is 3.17. The maximum atomic E-state index is 12.7. The number of halogens is 2. The molecule has 0 N–H and O–H groups in total. The van der Waals surface area contributed by atoms with E-state index in [1.54, 1.807) is 23.9 Å². The molecule has 0 radical (unpaired) electrons. The summed E-state index contributed by atoms with van der Waals surface area (Å²) in [5.41, 5.74) is 1.03. The average Bonchev–Trinajstić information content (AvgIpc) is 2.07. The van der Waals surface area contributed by atoms with Crippen LogP contribution < -0.4 is 0 Å². The third kappa shape index (κ3) is 2.79. The minimum absolute atomic E-state index is 0.162. The summed E-state index contributed by atoms with van der Waals surface area (Å²) in [5.74, 6) is 1.77. The van der Waals surface area contributed by atoms with E-state index < -0.39 is 0 Å². The summed E-state index contributed by atoms with van der Waals surface area (Å²) in [4.78, 5) is 0. The van der Waals surface area contributed by atoms with Crippen LogP contribution in [0.2, 0.25) is 0 Å². The van der Waals surface area contributed by atoms with Crippen molar-refractivity contribution in [3.05, 3.63) is 34.1 Å². The molecule has 0 saturated heterocycles. The molecule has 1 aromatic carbocycles. The maximum absolute atomic E-state index is 12.7. The zero-order valence-electron chi connectivity index (χ0n) is 6.81. The van der Waals surface area contributed by atoms with Gasteiger partial charge in [-0.05, 0) is 29.5 Å². The first kappa shape index (κ1) is 10.1. The molecule has 0 amide bonds. The van der Waals surface area contributed by atoms with E-state index in [2.05, 4.69) is 22.9 Å². The summed E-state index contributed by atoms with van der Waals surface area (Å²) in [6.45, 7) is 2.10. The van der Waals surface area contributed by atoms with Crippen molar-refractivity contribution in [2.24, 2.45) is 0 Å². The zero-order valence-corrected chi connectivity index (χ0v) is 9.21. The quantitative estimate of drug-likeness (QED) is 0.784. The van der Waals surface area contributed by atoms with Crippen LogP contribution in [0.3, 0.4) is 0 Å². The van der Waals surface area contributed by atoms with Gasteiger partial charge in [0.05, 0.1) is 0 Å². The zero-order chi connectivity index (χ0) is 8.97. The fraction of sp³-hybridized carbons (Fsp3) is 0.333. The smallest absolute Gasteiger partial charge is 0.123 e. The Kier molecular flexibility index (Phi) is 4.09. The van der Waals surface area contributed by atoms with Crippen LogP contribution in [0.15, 0.2) is 22.7 Å². The molecule has 0 aliphatic carbocycles. The highest BCUT2D eigenvalue weighted by Crippen LogP contribution is 2.22. The number of hydrogen-bond acceptors (Lipinski definition) is 1. The Morgan fingerprint density at radius 3 is 2.92 bits per heavy atom. The third-order valence-electron chi connectivity index (χ3n) is 1.47. The monoisotopic (exact) mass is 248 g/mol. The molecular formula is C9H10BrFS. The van der Waals surface area contributed by atoms with Crippen LogP contribution in [0.4, 0.5) is 4.39 Å². The molecule has 0 unspecified atom stereocenters. The van der Waals surface area contributed by atoms with E-state index in [9.17, 15) is 4.39 Å². The fourth-order valence-electron chi connectivity index (χ4n) is 0.866. The van der Waals surface area contributed by atoms with Crippen molar-refractivity contribution in [1.82, 2.24) is 0 Å². The Balaban J connectivity index is 2.75. The van der Waals surface area contributed by atoms with Crippen LogP contribution in [0.1, 0.15) is 12.5 Å². The fourth-order valence-corrected chi connectivity index (χ4v) is 2.10. The molecule has 0 nitrogen and oxygen atoms in total. The summed E-state index contributed by atoms with van der Waals surface area (Å²) >= 11 is 5.17. The molecule has 0 fully saturated rings. The maximum Gasteiger partial charge on any atom is 0.123 e. The molecule has 1 aromatic rings. The van der Waals surface area contributed by atoms with Crippen molar-refractivity contribution in [2.75, 3.05) is 5.75 Å². The molecule has 0 aliphatic rings. The number of rotatable bonds is 3. The van der Waals surface area contributed by atoms with Crippen molar-refractivity contribution in [2.45, 2.75) is 12.7 Å². The number of thioether (sulfide) groups is 1. The molecule has 0 atom stereocenters. The highest BCUT2D eigenvalue weighted by Gasteiger charge is 2.00. The largest absolute Gasteiger partial charge is 0.207 e. The van der Waals surface area contributed by atoms with E-state index in [0.717, 1.165) is 21.5 Å². The van der Waals surface area contributed by atoms with Gasteiger partial charge in [-0.15, -0.1) is 0 Å². The van der Waals surface area contributed by atoms with E-state index in [4.69, 9.17) is 0 Å². The minimum atomic E-state index is -0.162. The van der Waals surface area contributed by atoms with Crippen LogP contribution in [0, 0.1) is 5.82 Å². The van der Waals surface area contributed by atoms with Gasteiger partial charge in [-0.1, -0.05) is 22.9 Å². The molecule has 0 saturated carbocycles. The molecule has 3 heteroatoms. The molecule has 12 heavy (non-hydrogen) atoms. The van der Waals surface area contributed by atoms with Crippen molar-refractivity contribution >= 4 is 27.7 Å². The highest BCUT2D eigenvalue weighted by molar-refractivity contribution is 9.10. The van der Waals surface area contributed by atoms with Gasteiger partial charge in [-0.2, -0.15) is 11.8 Å². The molecule has 0 spiro atoms. The van der Waals surface area contributed by atoms with Gasteiger partial charge >= 0.3 is 0 Å². The summed E-state index contributed by atoms with van der Waals surface area (Å²) in [6.07, 6.45) is 0. The van der Waals surface area contributed by atoms with Crippen LogP contribution in [0.5, 0.6) is 0 Å². The van der Waals surface area contributed by atoms with Crippen LogP contribution in [-0.2, 0) is 5.75 Å². The molecule has 1 rings (SSSR count). The van der Waals surface area contributed by atoms with Crippen molar-refractivity contribution in [3.63, 3.8) is 0 Å². The predicted octanol–water partition coefficient (Wildman–Crippen LogP) is 3.84. The van der Waals surface area contributed by atoms with Gasteiger partial charge in [0, 0.05) is 10.2 Å². The molecule has 66 valence electrons.